The molecule has 2 N–H and O–H groups in total. The van der Waals surface area contributed by atoms with Crippen molar-refractivity contribution in [2.75, 3.05) is 18.2 Å². The van der Waals surface area contributed by atoms with Crippen molar-refractivity contribution in [3.63, 3.8) is 0 Å². The van der Waals surface area contributed by atoms with Crippen molar-refractivity contribution < 1.29 is 18.3 Å². The molecule has 0 saturated carbocycles. The van der Waals surface area contributed by atoms with Crippen molar-refractivity contribution in [3.8, 4) is 5.75 Å². The minimum Gasteiger partial charge on any atom is -0.497 e. The van der Waals surface area contributed by atoms with Crippen LogP contribution in [0.25, 0.3) is 21.9 Å². The van der Waals surface area contributed by atoms with Gasteiger partial charge in [0.25, 0.3) is 0 Å². The van der Waals surface area contributed by atoms with Gasteiger partial charge in [0, 0.05) is 17.0 Å². The van der Waals surface area contributed by atoms with Crippen LogP contribution in [0.15, 0.2) is 47.8 Å². The molecule has 4 aromatic rings. The first-order valence-electron chi connectivity index (χ1n) is 8.23. The van der Waals surface area contributed by atoms with Crippen LogP contribution in [0, 0.1) is 11.6 Å². The summed E-state index contributed by atoms with van der Waals surface area (Å²) in [6, 6.07) is 8.58. The number of nitrogens with zero attached hydrogens (tertiary/aromatic N) is 2. The molecule has 0 saturated heterocycles. The van der Waals surface area contributed by atoms with Crippen LogP contribution in [-0.2, 0) is 4.79 Å². The fourth-order valence-electron chi connectivity index (χ4n) is 2.80. The largest absolute Gasteiger partial charge is 0.497 e. The van der Waals surface area contributed by atoms with Gasteiger partial charge in [-0.3, -0.25) is 4.79 Å². The Kier molecular flexibility index (Phi) is 4.82. The van der Waals surface area contributed by atoms with Gasteiger partial charge in [-0.15, -0.1) is 0 Å². The topological polar surface area (TPSA) is 79.9 Å². The molecule has 0 aliphatic heterocycles. The maximum Gasteiger partial charge on any atom is 0.234 e. The van der Waals surface area contributed by atoms with Gasteiger partial charge in [0.2, 0.25) is 5.91 Å². The molecule has 6 nitrogen and oxygen atoms in total. The van der Waals surface area contributed by atoms with Crippen LogP contribution in [-0.4, -0.2) is 33.7 Å². The Morgan fingerprint density at radius 2 is 2.07 bits per heavy atom. The van der Waals surface area contributed by atoms with E-state index in [0.717, 1.165) is 28.6 Å². The van der Waals surface area contributed by atoms with Gasteiger partial charge in [-0.25, -0.2) is 18.7 Å². The molecule has 0 atom stereocenters. The number of aromatic amines is 1. The molecule has 0 spiro atoms. The summed E-state index contributed by atoms with van der Waals surface area (Å²) in [5.41, 5.74) is 2.22. The van der Waals surface area contributed by atoms with Crippen molar-refractivity contribution in [1.82, 2.24) is 15.0 Å². The van der Waals surface area contributed by atoms with Crippen LogP contribution in [0.2, 0.25) is 0 Å². The number of thioether (sulfide) groups is 1. The summed E-state index contributed by atoms with van der Waals surface area (Å²) in [5, 5.41) is 3.90. The molecular weight excluding hydrogens is 386 g/mol. The van der Waals surface area contributed by atoms with Gasteiger partial charge in [-0.1, -0.05) is 11.8 Å². The first-order valence-corrected chi connectivity index (χ1v) is 9.22. The third-order valence-corrected chi connectivity index (χ3v) is 5.09. The number of carbonyl (C=O) groups is 1. The summed E-state index contributed by atoms with van der Waals surface area (Å²) in [5.74, 6) is -1.25. The Morgan fingerprint density at radius 3 is 2.86 bits per heavy atom. The first kappa shape index (κ1) is 18.2. The van der Waals surface area contributed by atoms with E-state index in [9.17, 15) is 13.6 Å². The molecule has 0 bridgehead atoms. The zero-order chi connectivity index (χ0) is 19.7. The van der Waals surface area contributed by atoms with E-state index in [2.05, 4.69) is 20.3 Å². The van der Waals surface area contributed by atoms with Crippen molar-refractivity contribution in [3.05, 3.63) is 54.4 Å². The van der Waals surface area contributed by atoms with Gasteiger partial charge in [0.05, 0.1) is 24.1 Å². The Hall–Kier alpha value is -3.20. The molecule has 9 heteroatoms. The zero-order valence-electron chi connectivity index (χ0n) is 14.6. The highest BCUT2D eigenvalue weighted by Crippen LogP contribution is 2.31. The fraction of sp³-hybridized carbons (Fsp3) is 0.105. The summed E-state index contributed by atoms with van der Waals surface area (Å²) < 4.78 is 31.9. The molecule has 142 valence electrons. The number of amides is 1. The number of carbonyl (C=O) groups excluding carboxylic acids is 1. The molecule has 4 rings (SSSR count). The van der Waals surface area contributed by atoms with E-state index in [4.69, 9.17) is 4.74 Å². The number of H-pyrrole nitrogens is 1. The van der Waals surface area contributed by atoms with Crippen LogP contribution in [0.3, 0.4) is 0 Å². The molecule has 28 heavy (non-hydrogen) atoms. The van der Waals surface area contributed by atoms with Gasteiger partial charge in [0.1, 0.15) is 34.3 Å². The number of anilines is 1. The van der Waals surface area contributed by atoms with Crippen LogP contribution >= 0.6 is 11.8 Å². The van der Waals surface area contributed by atoms with E-state index in [-0.39, 0.29) is 11.4 Å². The van der Waals surface area contributed by atoms with E-state index in [1.807, 2.05) is 18.2 Å². The van der Waals surface area contributed by atoms with Gasteiger partial charge in [0.15, 0.2) is 0 Å². The van der Waals surface area contributed by atoms with Crippen molar-refractivity contribution in [1.29, 1.82) is 0 Å². The minimum absolute atomic E-state index is 0.00160. The SMILES string of the molecule is COc1ccc2[nH]c3c(SCC(=O)Nc4ccc(F)cc4F)ncnc3c2c1. The number of nitrogens with one attached hydrogen (secondary N) is 2. The lowest BCUT2D eigenvalue weighted by molar-refractivity contribution is -0.113. The first-order chi connectivity index (χ1) is 13.5. The number of hydrogen-bond acceptors (Lipinski definition) is 5. The molecule has 0 radical (unpaired) electrons. The molecular formula is C19H14F2N4O2S. The highest BCUT2D eigenvalue weighted by molar-refractivity contribution is 8.00. The average molecular weight is 400 g/mol. The number of methoxy groups -OCH3 is 1. The van der Waals surface area contributed by atoms with Crippen LogP contribution in [0.1, 0.15) is 0 Å². The normalized spacial score (nSPS) is 11.1. The summed E-state index contributed by atoms with van der Waals surface area (Å²) >= 11 is 1.19. The lowest BCUT2D eigenvalue weighted by Gasteiger charge is -2.06. The molecule has 0 aliphatic rings. The van der Waals surface area contributed by atoms with Crippen LogP contribution in [0.4, 0.5) is 14.5 Å². The van der Waals surface area contributed by atoms with Gasteiger partial charge in [-0.05, 0) is 30.3 Å². The quantitative estimate of drug-likeness (QED) is 0.389. The number of benzene rings is 2. The lowest BCUT2D eigenvalue weighted by Crippen LogP contribution is -2.15. The number of aromatic nitrogens is 3. The minimum atomic E-state index is -0.827. The highest BCUT2D eigenvalue weighted by Gasteiger charge is 2.14. The number of halogens is 2. The van der Waals surface area contributed by atoms with Crippen LogP contribution in [0.5, 0.6) is 5.75 Å². The monoisotopic (exact) mass is 400 g/mol. The smallest absolute Gasteiger partial charge is 0.234 e. The third-order valence-electron chi connectivity index (χ3n) is 4.10. The second kappa shape index (κ2) is 7.43. The van der Waals surface area contributed by atoms with Crippen LogP contribution < -0.4 is 10.1 Å². The van der Waals surface area contributed by atoms with E-state index in [0.29, 0.717) is 16.3 Å². The van der Waals surface area contributed by atoms with Gasteiger partial charge >= 0.3 is 0 Å². The third kappa shape index (κ3) is 3.48. The predicted molar refractivity (Wildman–Crippen MR) is 104 cm³/mol. The average Bonchev–Trinajstić information content (AvgIpc) is 3.07. The number of rotatable bonds is 5. The van der Waals surface area contributed by atoms with Crippen molar-refractivity contribution in [2.24, 2.45) is 0 Å². The predicted octanol–water partition coefficient (Wildman–Crippen LogP) is 4.13. The highest BCUT2D eigenvalue weighted by atomic mass is 32.2. The maximum atomic E-state index is 13.7. The maximum absolute atomic E-state index is 13.7. The Labute approximate surface area is 162 Å². The van der Waals surface area contributed by atoms with Crippen molar-refractivity contribution in [2.45, 2.75) is 5.03 Å². The Morgan fingerprint density at radius 1 is 1.21 bits per heavy atom. The Balaban J connectivity index is 1.55. The second-order valence-corrected chi connectivity index (χ2v) is 6.86. The van der Waals surface area contributed by atoms with E-state index in [1.54, 1.807) is 7.11 Å². The number of fused-ring (bicyclic) bond motifs is 3. The van der Waals surface area contributed by atoms with E-state index in [1.165, 1.54) is 24.2 Å². The standard InChI is InChI=1S/C19H14F2N4O2S/c1-27-11-3-5-14-12(7-11)17-18(25-14)19(23-9-22-17)28-8-16(26)24-15-4-2-10(20)6-13(15)21/h2-7,9,25H,8H2,1H3,(H,24,26). The fourth-order valence-corrected chi connectivity index (χ4v) is 3.55. The molecule has 1 amide bonds. The zero-order valence-corrected chi connectivity index (χ0v) is 15.4. The number of ether oxygens (including phenoxy) is 1. The van der Waals surface area contributed by atoms with E-state index < -0.39 is 17.5 Å². The summed E-state index contributed by atoms with van der Waals surface area (Å²) in [4.78, 5) is 24.0. The number of hydrogen-bond donors (Lipinski definition) is 2. The lowest BCUT2D eigenvalue weighted by atomic mass is 10.2. The van der Waals surface area contributed by atoms with Gasteiger partial charge in [-0.2, -0.15) is 0 Å². The molecule has 2 aromatic carbocycles. The molecule has 2 aromatic heterocycles. The molecule has 2 heterocycles. The van der Waals surface area contributed by atoms with Crippen molar-refractivity contribution >= 4 is 45.3 Å². The second-order valence-electron chi connectivity index (χ2n) is 5.90. The summed E-state index contributed by atoms with van der Waals surface area (Å²) in [7, 11) is 1.59. The molecule has 0 fully saturated rings. The van der Waals surface area contributed by atoms with E-state index >= 15 is 0 Å². The summed E-state index contributed by atoms with van der Waals surface area (Å²) in [6.07, 6.45) is 1.43. The van der Waals surface area contributed by atoms with Gasteiger partial charge < -0.3 is 15.0 Å². The summed E-state index contributed by atoms with van der Waals surface area (Å²) in [6.45, 7) is 0. The molecule has 0 aliphatic carbocycles. The molecule has 0 unspecified atom stereocenters. The Bertz CT molecular complexity index is 1200.